The van der Waals surface area contributed by atoms with E-state index in [9.17, 15) is 0 Å². The molecular weight excluding hydrogens is 1220 g/mol. The first-order valence-corrected chi connectivity index (χ1v) is 34.3. The molecule has 10 heteroatoms. The zero-order valence-electron chi connectivity index (χ0n) is 54.1. The Balaban J connectivity index is 0.928. The highest BCUT2D eigenvalue weighted by Crippen LogP contribution is 2.55. The third kappa shape index (κ3) is 8.37. The molecule has 0 bridgehead atoms. The van der Waals surface area contributed by atoms with Crippen molar-refractivity contribution in [3.05, 3.63) is 352 Å². The lowest BCUT2D eigenvalue weighted by Gasteiger charge is -2.48. The van der Waals surface area contributed by atoms with Crippen molar-refractivity contribution in [2.75, 3.05) is 29.4 Å². The summed E-state index contributed by atoms with van der Waals surface area (Å²) in [5.41, 5.74) is 29.7. The van der Waals surface area contributed by atoms with Gasteiger partial charge in [0.05, 0.1) is 33.5 Å². The molecule has 2 aromatic heterocycles. The van der Waals surface area contributed by atoms with Gasteiger partial charge in [-0.3, -0.25) is 0 Å². The molecule has 0 spiro atoms. The third-order valence-electron chi connectivity index (χ3n) is 20.9. The van der Waals surface area contributed by atoms with E-state index in [4.69, 9.17) is 8.83 Å². The number of hydrogen-bond acceptors (Lipinski definition) is 8. The second kappa shape index (κ2) is 22.2. The van der Waals surface area contributed by atoms with Crippen LogP contribution >= 0.6 is 0 Å². The first kappa shape index (κ1) is 56.0. The molecule has 0 saturated carbocycles. The van der Waals surface area contributed by atoms with Gasteiger partial charge in [0.25, 0.3) is 13.4 Å². The van der Waals surface area contributed by atoms with Gasteiger partial charge in [-0.1, -0.05) is 200 Å². The Kier molecular flexibility index (Phi) is 12.4. The number of rotatable bonds is 10. The molecule has 0 saturated heterocycles. The molecule has 4 aliphatic heterocycles. The first-order chi connectivity index (χ1) is 49.7. The van der Waals surface area contributed by atoms with Crippen molar-refractivity contribution in [1.82, 2.24) is 0 Å². The molecule has 4 aliphatic rings. The fraction of sp³-hybridized carbons (Fsp3) is 0. The van der Waals surface area contributed by atoms with Crippen molar-refractivity contribution in [3.63, 3.8) is 0 Å². The largest absolute Gasteiger partial charge is 0.456 e. The molecule has 0 radical (unpaired) electrons. The van der Waals surface area contributed by atoms with Crippen LogP contribution in [0.25, 0.3) is 43.9 Å². The first-order valence-electron chi connectivity index (χ1n) is 34.3. The molecular formula is C90H58B2N6O2. The van der Waals surface area contributed by atoms with Gasteiger partial charge in [-0.25, -0.2) is 0 Å². The van der Waals surface area contributed by atoms with Crippen molar-refractivity contribution in [3.8, 4) is 0 Å². The Hall–Kier alpha value is -13.2. The van der Waals surface area contributed by atoms with Crippen LogP contribution in [0, 0.1) is 0 Å². The predicted octanol–water partition coefficient (Wildman–Crippen LogP) is 20.6. The Morgan fingerprint density at radius 3 is 0.850 bits per heavy atom. The number of fused-ring (bicyclic) bond motifs is 16. The molecule has 0 amide bonds. The summed E-state index contributed by atoms with van der Waals surface area (Å²) in [5.74, 6) is 0. The highest BCUT2D eigenvalue weighted by Gasteiger charge is 2.50. The van der Waals surface area contributed by atoms with Crippen molar-refractivity contribution in [2.45, 2.75) is 0 Å². The summed E-state index contributed by atoms with van der Waals surface area (Å²) in [6, 6.07) is 129. The number of furan rings is 2. The van der Waals surface area contributed by atoms with Gasteiger partial charge in [-0.2, -0.15) is 0 Å². The minimum Gasteiger partial charge on any atom is -0.456 e. The molecule has 17 aromatic rings. The Morgan fingerprint density at radius 2 is 0.510 bits per heavy atom. The Morgan fingerprint density at radius 1 is 0.220 bits per heavy atom. The van der Waals surface area contributed by atoms with E-state index in [1.165, 1.54) is 32.8 Å². The zero-order valence-corrected chi connectivity index (χ0v) is 54.1. The molecule has 0 unspecified atom stereocenters. The highest BCUT2D eigenvalue weighted by atomic mass is 16.3. The molecule has 100 heavy (non-hydrogen) atoms. The predicted molar refractivity (Wildman–Crippen MR) is 418 cm³/mol. The highest BCUT2D eigenvalue weighted by molar-refractivity contribution is 7.03. The fourth-order valence-corrected chi connectivity index (χ4v) is 16.9. The number of nitrogens with zero attached hydrogens (tertiary/aromatic N) is 6. The van der Waals surface area contributed by atoms with Crippen LogP contribution < -0.4 is 62.2 Å². The summed E-state index contributed by atoms with van der Waals surface area (Å²) in [6.07, 6.45) is 0. The van der Waals surface area contributed by atoms with Crippen molar-refractivity contribution >= 4 is 192 Å². The zero-order chi connectivity index (χ0) is 65.5. The standard InChI is InChI=1S/C90H58B2N6O2/c1-9-29-59(30-10-1)93(60-31-11-2-12-32-60)67-53-77-87-79(55-67)97(65-41-21-7-22-42-65)89-71(49-51-83-85(89)69-45-25-27-47-81(69)99-83)91(87)73-57-74-76(58-75(73)95(77)63-37-17-5-18-38-63)96(64-39-19-6-20-40-64)78-54-68(94(61-33-13-3-14-34-61)62-35-15-4-16-36-62)56-80-88(78)92(74)72-50-52-84-86(70-46-26-28-48-82(70)100-84)90(72)98(80)66-43-23-8-24-44-66/h1-58H. The molecule has 0 N–H and O–H groups in total. The van der Waals surface area contributed by atoms with Gasteiger partial charge in [0, 0.05) is 90.4 Å². The van der Waals surface area contributed by atoms with Crippen LogP contribution in [0.2, 0.25) is 0 Å². The monoisotopic (exact) mass is 1280 g/mol. The number of anilines is 18. The number of hydrogen-bond donors (Lipinski definition) is 0. The van der Waals surface area contributed by atoms with Gasteiger partial charge in [0.2, 0.25) is 0 Å². The average molecular weight is 1280 g/mol. The molecule has 6 heterocycles. The number of para-hydroxylation sites is 10. The van der Waals surface area contributed by atoms with Crippen LogP contribution in [0.15, 0.2) is 361 Å². The minimum absolute atomic E-state index is 0.294. The van der Waals surface area contributed by atoms with Crippen LogP contribution in [-0.2, 0) is 0 Å². The maximum atomic E-state index is 6.96. The fourth-order valence-electron chi connectivity index (χ4n) is 16.9. The molecule has 21 rings (SSSR count). The van der Waals surface area contributed by atoms with Gasteiger partial charge in [-0.15, -0.1) is 0 Å². The van der Waals surface area contributed by atoms with E-state index in [-0.39, 0.29) is 13.4 Å². The summed E-state index contributed by atoms with van der Waals surface area (Å²) in [6.45, 7) is -0.589. The van der Waals surface area contributed by atoms with E-state index in [0.717, 1.165) is 146 Å². The molecule has 0 atom stereocenters. The molecule has 15 aromatic carbocycles. The van der Waals surface area contributed by atoms with Crippen molar-refractivity contribution in [2.24, 2.45) is 0 Å². The summed E-state index contributed by atoms with van der Waals surface area (Å²) in [7, 11) is 0. The summed E-state index contributed by atoms with van der Waals surface area (Å²) in [5, 5.41) is 4.28. The van der Waals surface area contributed by atoms with Gasteiger partial charge < -0.3 is 38.2 Å². The lowest BCUT2D eigenvalue weighted by molar-refractivity contribution is 0.668. The third-order valence-corrected chi connectivity index (χ3v) is 20.9. The quantitative estimate of drug-likeness (QED) is 0.126. The minimum atomic E-state index is -0.294. The lowest BCUT2D eigenvalue weighted by atomic mass is 9.30. The second-order valence-corrected chi connectivity index (χ2v) is 26.3. The van der Waals surface area contributed by atoms with E-state index in [0.29, 0.717) is 0 Å². The normalized spacial score (nSPS) is 13.1. The summed E-state index contributed by atoms with van der Waals surface area (Å²) >= 11 is 0. The maximum Gasteiger partial charge on any atom is 0.252 e. The maximum absolute atomic E-state index is 6.96. The van der Waals surface area contributed by atoms with E-state index in [1.54, 1.807) is 0 Å². The second-order valence-electron chi connectivity index (χ2n) is 26.3. The van der Waals surface area contributed by atoms with Crippen LogP contribution in [-0.4, -0.2) is 13.4 Å². The van der Waals surface area contributed by atoms with Gasteiger partial charge >= 0.3 is 0 Å². The van der Waals surface area contributed by atoms with Crippen molar-refractivity contribution < 1.29 is 8.83 Å². The Labute approximate surface area is 579 Å². The molecule has 0 fully saturated rings. The van der Waals surface area contributed by atoms with Crippen molar-refractivity contribution in [1.29, 1.82) is 0 Å². The SMILES string of the molecule is c1ccc(N(c2ccccc2)c2cc3c4c(c2)N(c2ccccc2)c2c(ccc5oc6ccccc6c25)B4c2cc4c(cc2N3c2ccccc2)N(c2ccccc2)c2cc(N(c3ccccc3)c3ccccc3)cc3c2B4c2ccc4oc5ccccc5c4c2N3c2ccccc2)cc1. The topological polar surface area (TPSA) is 45.7 Å². The van der Waals surface area contributed by atoms with Gasteiger partial charge in [0.15, 0.2) is 0 Å². The summed E-state index contributed by atoms with van der Waals surface area (Å²) < 4.78 is 13.9. The van der Waals surface area contributed by atoms with Crippen LogP contribution in [0.4, 0.5) is 102 Å². The van der Waals surface area contributed by atoms with E-state index in [2.05, 4.69) is 381 Å². The van der Waals surface area contributed by atoms with E-state index >= 15 is 0 Å². The molecule has 466 valence electrons. The van der Waals surface area contributed by atoms with E-state index in [1.807, 2.05) is 0 Å². The Bertz CT molecular complexity index is 5630. The van der Waals surface area contributed by atoms with Gasteiger partial charge in [0.1, 0.15) is 22.3 Å². The smallest absolute Gasteiger partial charge is 0.252 e. The molecule has 8 nitrogen and oxygen atoms in total. The van der Waals surface area contributed by atoms with Gasteiger partial charge in [-0.05, 0) is 184 Å². The lowest BCUT2D eigenvalue weighted by Crippen LogP contribution is -2.65. The van der Waals surface area contributed by atoms with E-state index < -0.39 is 0 Å². The average Bonchev–Trinajstić information content (AvgIpc) is 0.904. The molecule has 0 aliphatic carbocycles. The summed E-state index contributed by atoms with van der Waals surface area (Å²) in [4.78, 5) is 15.1. The van der Waals surface area contributed by atoms with Crippen LogP contribution in [0.5, 0.6) is 0 Å². The number of benzene rings is 15. The van der Waals surface area contributed by atoms with Crippen LogP contribution in [0.1, 0.15) is 0 Å². The van der Waals surface area contributed by atoms with Crippen LogP contribution in [0.3, 0.4) is 0 Å².